The van der Waals surface area contributed by atoms with Crippen LogP contribution in [0.1, 0.15) is 21.6 Å². The third-order valence-electron chi connectivity index (χ3n) is 2.84. The molecule has 2 aromatic rings. The summed E-state index contributed by atoms with van der Waals surface area (Å²) in [6.07, 6.45) is 1.44. The molecular weight excluding hydrogens is 270 g/mol. The van der Waals surface area contributed by atoms with Gasteiger partial charge in [0.25, 0.3) is 5.56 Å². The zero-order valence-electron chi connectivity index (χ0n) is 10.4. The second-order valence-electron chi connectivity index (χ2n) is 4.17. The average Bonchev–Trinajstić information content (AvgIpc) is 2.58. The van der Waals surface area contributed by atoms with Crippen LogP contribution in [0.5, 0.6) is 0 Å². The van der Waals surface area contributed by atoms with Crippen LogP contribution in [0.15, 0.2) is 23.1 Å². The highest BCUT2D eigenvalue weighted by Gasteiger charge is 2.13. The molecule has 0 amide bonds. The maximum absolute atomic E-state index is 11.8. The van der Waals surface area contributed by atoms with Crippen molar-refractivity contribution in [3.05, 3.63) is 50.7 Å². The van der Waals surface area contributed by atoms with E-state index in [1.807, 2.05) is 0 Å². The molecule has 0 aliphatic heterocycles. The molecule has 1 N–H and O–H groups in total. The van der Waals surface area contributed by atoms with Crippen molar-refractivity contribution in [2.45, 2.75) is 13.5 Å². The van der Waals surface area contributed by atoms with Crippen LogP contribution in [0.25, 0.3) is 0 Å². The van der Waals surface area contributed by atoms with E-state index in [1.54, 1.807) is 14.0 Å². The Morgan fingerprint density at radius 3 is 2.68 bits per heavy atom. The van der Waals surface area contributed by atoms with Gasteiger partial charge in [-0.2, -0.15) is 5.10 Å². The summed E-state index contributed by atoms with van der Waals surface area (Å²) >= 11 is 6.09. The quantitative estimate of drug-likeness (QED) is 0.920. The molecule has 0 unspecified atom stereocenters. The summed E-state index contributed by atoms with van der Waals surface area (Å²) in [7, 11) is 1.72. The first-order valence-electron chi connectivity index (χ1n) is 5.52. The molecule has 0 spiro atoms. The maximum Gasteiger partial charge on any atom is 0.335 e. The number of hydrogen-bond acceptors (Lipinski definition) is 3. The minimum Gasteiger partial charge on any atom is -0.478 e. The van der Waals surface area contributed by atoms with Gasteiger partial charge in [0.1, 0.15) is 5.15 Å². The predicted molar refractivity (Wildman–Crippen MR) is 69.7 cm³/mol. The summed E-state index contributed by atoms with van der Waals surface area (Å²) in [5.74, 6) is -1.13. The van der Waals surface area contributed by atoms with E-state index >= 15 is 0 Å². The van der Waals surface area contributed by atoms with E-state index in [9.17, 15) is 9.59 Å². The van der Waals surface area contributed by atoms with E-state index in [1.165, 1.54) is 21.5 Å². The zero-order chi connectivity index (χ0) is 14.2. The second kappa shape index (κ2) is 4.89. The molecule has 0 bridgehead atoms. The SMILES string of the molecule is Cc1nn(C)c(Cl)c1Cn1ccc(C(=O)O)cc1=O. The van der Waals surface area contributed by atoms with E-state index in [0.29, 0.717) is 5.15 Å². The van der Waals surface area contributed by atoms with Crippen LogP contribution in [0.2, 0.25) is 5.15 Å². The minimum atomic E-state index is -1.13. The first-order chi connectivity index (χ1) is 8.90. The van der Waals surface area contributed by atoms with E-state index in [4.69, 9.17) is 16.7 Å². The van der Waals surface area contributed by atoms with Gasteiger partial charge in [-0.15, -0.1) is 0 Å². The summed E-state index contributed by atoms with van der Waals surface area (Å²) in [6, 6.07) is 2.46. The number of aryl methyl sites for hydroxylation is 2. The van der Waals surface area contributed by atoms with Crippen LogP contribution < -0.4 is 5.56 Å². The molecule has 0 atom stereocenters. The second-order valence-corrected chi connectivity index (χ2v) is 4.52. The van der Waals surface area contributed by atoms with Crippen molar-refractivity contribution in [1.82, 2.24) is 14.3 Å². The Labute approximate surface area is 113 Å². The van der Waals surface area contributed by atoms with E-state index in [-0.39, 0.29) is 17.7 Å². The summed E-state index contributed by atoms with van der Waals surface area (Å²) in [6.45, 7) is 2.06. The number of carboxylic acid groups (broad SMARTS) is 1. The zero-order valence-corrected chi connectivity index (χ0v) is 11.2. The molecule has 0 saturated carbocycles. The maximum atomic E-state index is 11.8. The Balaban J connectivity index is 2.39. The van der Waals surface area contributed by atoms with Gasteiger partial charge in [0.05, 0.1) is 17.8 Å². The van der Waals surface area contributed by atoms with Crippen LogP contribution in [-0.4, -0.2) is 25.4 Å². The van der Waals surface area contributed by atoms with Gasteiger partial charge in [0.15, 0.2) is 0 Å². The van der Waals surface area contributed by atoms with Gasteiger partial charge in [-0.05, 0) is 13.0 Å². The molecule has 0 saturated heterocycles. The van der Waals surface area contributed by atoms with E-state index in [2.05, 4.69) is 5.10 Å². The monoisotopic (exact) mass is 281 g/mol. The van der Waals surface area contributed by atoms with Gasteiger partial charge < -0.3 is 9.67 Å². The lowest BCUT2D eigenvalue weighted by atomic mass is 10.2. The molecule has 2 aromatic heterocycles. The van der Waals surface area contributed by atoms with Crippen LogP contribution in [0.4, 0.5) is 0 Å². The van der Waals surface area contributed by atoms with Crippen molar-refractivity contribution in [1.29, 1.82) is 0 Å². The summed E-state index contributed by atoms with van der Waals surface area (Å²) in [5.41, 5.74) is 1.06. The standard InChI is InChI=1S/C12H12ClN3O3/c1-7-9(11(13)15(2)14-7)6-16-4-3-8(12(18)19)5-10(16)17/h3-5H,6H2,1-2H3,(H,18,19). The predicted octanol–water partition coefficient (Wildman–Crippen LogP) is 1.29. The number of nitrogens with zero attached hydrogens (tertiary/aromatic N) is 3. The van der Waals surface area contributed by atoms with Crippen molar-refractivity contribution >= 4 is 17.6 Å². The van der Waals surface area contributed by atoms with Crippen LogP contribution in [0, 0.1) is 6.92 Å². The molecule has 0 aromatic carbocycles. The molecule has 2 rings (SSSR count). The van der Waals surface area contributed by atoms with Gasteiger partial charge in [-0.3, -0.25) is 9.48 Å². The summed E-state index contributed by atoms with van der Waals surface area (Å²) in [5, 5.41) is 13.4. The average molecular weight is 282 g/mol. The number of halogens is 1. The van der Waals surface area contributed by atoms with Crippen LogP contribution in [-0.2, 0) is 13.6 Å². The first kappa shape index (κ1) is 13.4. The number of rotatable bonds is 3. The Kier molecular flexibility index (Phi) is 3.44. The number of pyridine rings is 1. The fraction of sp³-hybridized carbons (Fsp3) is 0.250. The number of aromatic nitrogens is 3. The molecule has 2 heterocycles. The first-order valence-corrected chi connectivity index (χ1v) is 5.89. The molecule has 6 nitrogen and oxygen atoms in total. The molecule has 0 radical (unpaired) electrons. The van der Waals surface area contributed by atoms with Gasteiger partial charge in [-0.25, -0.2) is 4.79 Å². The Morgan fingerprint density at radius 2 is 2.21 bits per heavy atom. The lowest BCUT2D eigenvalue weighted by Crippen LogP contribution is -2.21. The number of carbonyl (C=O) groups is 1. The lowest BCUT2D eigenvalue weighted by molar-refractivity contribution is 0.0696. The number of carboxylic acids is 1. The molecule has 19 heavy (non-hydrogen) atoms. The fourth-order valence-electron chi connectivity index (χ4n) is 1.80. The Bertz CT molecular complexity index is 703. The lowest BCUT2D eigenvalue weighted by Gasteiger charge is -2.05. The Morgan fingerprint density at radius 1 is 1.53 bits per heavy atom. The van der Waals surface area contributed by atoms with Crippen molar-refractivity contribution in [2.24, 2.45) is 7.05 Å². The molecule has 7 heteroatoms. The van der Waals surface area contributed by atoms with E-state index in [0.717, 1.165) is 17.3 Å². The highest BCUT2D eigenvalue weighted by atomic mass is 35.5. The minimum absolute atomic E-state index is 0.0322. The van der Waals surface area contributed by atoms with Gasteiger partial charge >= 0.3 is 5.97 Å². The molecule has 0 aliphatic rings. The van der Waals surface area contributed by atoms with Crippen molar-refractivity contribution in [3.63, 3.8) is 0 Å². The van der Waals surface area contributed by atoms with Crippen molar-refractivity contribution < 1.29 is 9.90 Å². The largest absolute Gasteiger partial charge is 0.478 e. The smallest absolute Gasteiger partial charge is 0.335 e. The molecule has 0 aliphatic carbocycles. The molecular formula is C12H12ClN3O3. The third kappa shape index (κ3) is 2.53. The molecule has 0 fully saturated rings. The van der Waals surface area contributed by atoms with Gasteiger partial charge in [0.2, 0.25) is 0 Å². The number of hydrogen-bond donors (Lipinski definition) is 1. The van der Waals surface area contributed by atoms with Gasteiger partial charge in [-0.1, -0.05) is 11.6 Å². The topological polar surface area (TPSA) is 77.1 Å². The van der Waals surface area contributed by atoms with Crippen molar-refractivity contribution in [2.75, 3.05) is 0 Å². The summed E-state index contributed by atoms with van der Waals surface area (Å²) in [4.78, 5) is 22.6. The fourth-order valence-corrected chi connectivity index (χ4v) is 2.03. The van der Waals surface area contributed by atoms with E-state index < -0.39 is 5.97 Å². The van der Waals surface area contributed by atoms with Gasteiger partial charge in [0, 0.05) is 24.9 Å². The summed E-state index contributed by atoms with van der Waals surface area (Å²) < 4.78 is 2.92. The highest BCUT2D eigenvalue weighted by molar-refractivity contribution is 6.30. The Hall–Kier alpha value is -2.08. The molecule has 100 valence electrons. The highest BCUT2D eigenvalue weighted by Crippen LogP contribution is 2.19. The normalized spacial score (nSPS) is 10.7. The number of aromatic carboxylic acids is 1. The third-order valence-corrected chi connectivity index (χ3v) is 3.31. The van der Waals surface area contributed by atoms with Crippen LogP contribution >= 0.6 is 11.6 Å². The van der Waals surface area contributed by atoms with Crippen molar-refractivity contribution in [3.8, 4) is 0 Å². The van der Waals surface area contributed by atoms with Crippen LogP contribution in [0.3, 0.4) is 0 Å².